The van der Waals surface area contributed by atoms with Crippen LogP contribution >= 0.6 is 35.3 Å². The van der Waals surface area contributed by atoms with Crippen LogP contribution in [0.5, 0.6) is 0 Å². The number of hydrogen-bond donors (Lipinski definition) is 1. The van der Waals surface area contributed by atoms with E-state index in [2.05, 4.69) is 34.5 Å². The topological polar surface area (TPSA) is 60.8 Å². The van der Waals surface area contributed by atoms with Crippen molar-refractivity contribution in [3.63, 3.8) is 0 Å². The van der Waals surface area contributed by atoms with E-state index < -0.39 is 0 Å². The van der Waals surface area contributed by atoms with Crippen LogP contribution in [0.25, 0.3) is 0 Å². The summed E-state index contributed by atoms with van der Waals surface area (Å²) < 4.78 is 0. The molecule has 27 heavy (non-hydrogen) atoms. The predicted molar refractivity (Wildman–Crippen MR) is 126 cm³/mol. The molecule has 1 heterocycles. The van der Waals surface area contributed by atoms with Gasteiger partial charge in [0.05, 0.1) is 17.2 Å². The molecule has 1 atom stereocenters. The molecule has 0 fully saturated rings. The van der Waals surface area contributed by atoms with Crippen molar-refractivity contribution >= 4 is 47.2 Å². The standard InChI is InChI=1S/C19H35N5OS.HI/c1-7-9-10-16(8-2)11-20-19(21-12-18(25)23(4)5)24(6)13-17-14-26-15(3)22-17;/h14,16H,7-13H2,1-6H3,(H,20,21);1H. The monoisotopic (exact) mass is 509 g/mol. The van der Waals surface area contributed by atoms with Crippen LogP contribution in [-0.2, 0) is 11.3 Å². The highest BCUT2D eigenvalue weighted by molar-refractivity contribution is 14.0. The fourth-order valence-corrected chi connectivity index (χ4v) is 3.18. The molecule has 1 rings (SSSR count). The smallest absolute Gasteiger partial charge is 0.243 e. The number of rotatable bonds is 10. The maximum atomic E-state index is 11.9. The van der Waals surface area contributed by atoms with Gasteiger partial charge in [-0.3, -0.25) is 4.79 Å². The predicted octanol–water partition coefficient (Wildman–Crippen LogP) is 3.75. The highest BCUT2D eigenvalue weighted by Crippen LogP contribution is 2.12. The minimum atomic E-state index is 0. The summed E-state index contributed by atoms with van der Waals surface area (Å²) in [6.07, 6.45) is 4.84. The third kappa shape index (κ3) is 10.3. The van der Waals surface area contributed by atoms with Gasteiger partial charge in [0.1, 0.15) is 6.54 Å². The molecular weight excluding hydrogens is 473 g/mol. The van der Waals surface area contributed by atoms with Crippen molar-refractivity contribution in [3.05, 3.63) is 16.1 Å². The summed E-state index contributed by atoms with van der Waals surface area (Å²) in [6.45, 7) is 8.18. The summed E-state index contributed by atoms with van der Waals surface area (Å²) in [5.41, 5.74) is 1.03. The van der Waals surface area contributed by atoms with Crippen molar-refractivity contribution in [1.82, 2.24) is 20.1 Å². The van der Waals surface area contributed by atoms with Crippen molar-refractivity contribution in [1.29, 1.82) is 0 Å². The molecule has 0 aromatic carbocycles. The molecule has 0 aliphatic carbocycles. The highest BCUT2D eigenvalue weighted by Gasteiger charge is 2.13. The number of aryl methyl sites for hydroxylation is 1. The van der Waals surface area contributed by atoms with Crippen LogP contribution in [0.2, 0.25) is 0 Å². The Hall–Kier alpha value is -0.900. The van der Waals surface area contributed by atoms with Crippen LogP contribution < -0.4 is 5.32 Å². The molecule has 156 valence electrons. The number of aliphatic imine (C=N–C) groups is 1. The number of carbonyl (C=O) groups excluding carboxylic acids is 1. The van der Waals surface area contributed by atoms with Crippen LogP contribution in [0.15, 0.2) is 10.4 Å². The van der Waals surface area contributed by atoms with Gasteiger partial charge in [-0.05, 0) is 19.3 Å². The Balaban J connectivity index is 0.00000676. The van der Waals surface area contributed by atoms with Gasteiger partial charge in [0, 0.05) is 33.1 Å². The second-order valence-electron chi connectivity index (χ2n) is 6.94. The Morgan fingerprint density at radius 3 is 2.56 bits per heavy atom. The number of carbonyl (C=O) groups is 1. The average molecular weight is 510 g/mol. The first-order valence-corrected chi connectivity index (χ1v) is 10.4. The molecule has 1 amide bonds. The first kappa shape index (κ1) is 26.1. The van der Waals surface area contributed by atoms with Crippen molar-refractivity contribution in [2.75, 3.05) is 34.2 Å². The van der Waals surface area contributed by atoms with Gasteiger partial charge in [-0.1, -0.05) is 33.1 Å². The van der Waals surface area contributed by atoms with Crippen molar-refractivity contribution in [2.24, 2.45) is 10.9 Å². The molecule has 1 aromatic rings. The molecule has 0 aliphatic rings. The van der Waals surface area contributed by atoms with E-state index >= 15 is 0 Å². The van der Waals surface area contributed by atoms with E-state index in [0.717, 1.165) is 29.6 Å². The second kappa shape index (κ2) is 14.1. The van der Waals surface area contributed by atoms with E-state index in [4.69, 9.17) is 0 Å². The number of hydrogen-bond acceptors (Lipinski definition) is 4. The number of nitrogens with zero attached hydrogens (tertiary/aromatic N) is 4. The zero-order chi connectivity index (χ0) is 19.5. The van der Waals surface area contributed by atoms with Crippen LogP contribution in [-0.4, -0.2) is 60.9 Å². The summed E-state index contributed by atoms with van der Waals surface area (Å²) in [6, 6.07) is 0. The molecule has 8 heteroatoms. The molecule has 0 aliphatic heterocycles. The van der Waals surface area contributed by atoms with Gasteiger partial charge in [-0.25, -0.2) is 9.98 Å². The summed E-state index contributed by atoms with van der Waals surface area (Å²) in [5, 5.41) is 6.62. The quantitative estimate of drug-likeness (QED) is 0.297. The first-order valence-electron chi connectivity index (χ1n) is 9.47. The minimum Gasteiger partial charge on any atom is -0.356 e. The van der Waals surface area contributed by atoms with Gasteiger partial charge < -0.3 is 15.1 Å². The lowest BCUT2D eigenvalue weighted by atomic mass is 9.99. The van der Waals surface area contributed by atoms with E-state index in [1.165, 1.54) is 19.3 Å². The normalized spacial score (nSPS) is 12.3. The maximum Gasteiger partial charge on any atom is 0.243 e. The van der Waals surface area contributed by atoms with E-state index in [0.29, 0.717) is 12.5 Å². The first-order chi connectivity index (χ1) is 12.4. The number of aromatic nitrogens is 1. The largest absolute Gasteiger partial charge is 0.356 e. The van der Waals surface area contributed by atoms with Crippen LogP contribution in [0.4, 0.5) is 0 Å². The van der Waals surface area contributed by atoms with Crippen molar-refractivity contribution in [3.8, 4) is 0 Å². The fraction of sp³-hybridized carbons (Fsp3) is 0.737. The van der Waals surface area contributed by atoms with E-state index in [1.807, 2.05) is 18.9 Å². The summed E-state index contributed by atoms with van der Waals surface area (Å²) in [4.78, 5) is 24.6. The lowest BCUT2D eigenvalue weighted by Crippen LogP contribution is -2.41. The van der Waals surface area contributed by atoms with Gasteiger partial charge in [0.25, 0.3) is 0 Å². The molecule has 1 aromatic heterocycles. The molecule has 1 unspecified atom stereocenters. The number of thiazole rings is 1. The molecular formula is C19H36IN5OS. The Bertz CT molecular complexity index is 576. The molecule has 0 spiro atoms. The number of nitrogens with one attached hydrogen (secondary N) is 1. The summed E-state index contributed by atoms with van der Waals surface area (Å²) in [7, 11) is 5.50. The van der Waals surface area contributed by atoms with Gasteiger partial charge >= 0.3 is 0 Å². The van der Waals surface area contributed by atoms with Gasteiger partial charge in [-0.15, -0.1) is 35.3 Å². The number of unbranched alkanes of at least 4 members (excludes halogenated alkanes) is 1. The zero-order valence-electron chi connectivity index (χ0n) is 17.6. The number of guanidine groups is 1. The molecule has 0 saturated carbocycles. The summed E-state index contributed by atoms with van der Waals surface area (Å²) >= 11 is 1.65. The van der Waals surface area contributed by atoms with E-state index in [9.17, 15) is 4.79 Å². The molecule has 1 N–H and O–H groups in total. The molecule has 0 bridgehead atoms. The molecule has 6 nitrogen and oxygen atoms in total. The maximum absolute atomic E-state index is 11.9. The van der Waals surface area contributed by atoms with Gasteiger partial charge in [0.15, 0.2) is 5.96 Å². The van der Waals surface area contributed by atoms with E-state index in [-0.39, 0.29) is 36.4 Å². The molecule has 0 saturated heterocycles. The third-order valence-corrected chi connectivity index (χ3v) is 5.20. The third-order valence-electron chi connectivity index (χ3n) is 4.38. The Labute approximate surface area is 185 Å². The minimum absolute atomic E-state index is 0. The average Bonchev–Trinajstić information content (AvgIpc) is 3.01. The number of likely N-dealkylation sites (N-methyl/N-ethyl adjacent to an activating group) is 1. The molecule has 0 radical (unpaired) electrons. The Kier molecular flexibility index (Phi) is 13.7. The Morgan fingerprint density at radius 1 is 1.33 bits per heavy atom. The number of amides is 1. The van der Waals surface area contributed by atoms with Gasteiger partial charge in [0.2, 0.25) is 5.91 Å². The Morgan fingerprint density at radius 2 is 2.04 bits per heavy atom. The number of halogens is 1. The van der Waals surface area contributed by atoms with Crippen LogP contribution in [0.3, 0.4) is 0 Å². The highest BCUT2D eigenvalue weighted by atomic mass is 127. The van der Waals surface area contributed by atoms with E-state index in [1.54, 1.807) is 30.3 Å². The lowest BCUT2D eigenvalue weighted by Gasteiger charge is -2.24. The SMILES string of the molecule is CCCCC(CC)CNC(=NCC(=O)N(C)C)N(C)Cc1csc(C)n1.I. The van der Waals surface area contributed by atoms with Crippen molar-refractivity contribution < 1.29 is 4.79 Å². The van der Waals surface area contributed by atoms with Crippen molar-refractivity contribution in [2.45, 2.75) is 53.0 Å². The lowest BCUT2D eigenvalue weighted by molar-refractivity contribution is -0.127. The van der Waals surface area contributed by atoms with Gasteiger partial charge in [-0.2, -0.15) is 0 Å². The zero-order valence-corrected chi connectivity index (χ0v) is 20.8. The van der Waals surface area contributed by atoms with Crippen LogP contribution in [0, 0.1) is 12.8 Å². The summed E-state index contributed by atoms with van der Waals surface area (Å²) in [5.74, 6) is 1.39. The fourth-order valence-electron chi connectivity index (χ4n) is 2.57. The second-order valence-corrected chi connectivity index (χ2v) is 8.00. The van der Waals surface area contributed by atoms with Crippen LogP contribution in [0.1, 0.15) is 50.2 Å².